The molecule has 1 aliphatic heterocycles. The first-order valence-corrected chi connectivity index (χ1v) is 10.0. The summed E-state index contributed by atoms with van der Waals surface area (Å²) in [5.74, 6) is -2.26. The van der Waals surface area contributed by atoms with Crippen LogP contribution in [0, 0.1) is 0 Å². The van der Waals surface area contributed by atoms with Crippen molar-refractivity contribution in [2.45, 2.75) is 6.92 Å². The number of hydrogen-bond donors (Lipinski definition) is 1. The molecule has 8 nitrogen and oxygen atoms in total. The molecule has 2 aromatic carbocycles. The van der Waals surface area contributed by atoms with Gasteiger partial charge in [0, 0.05) is 12.6 Å². The third-order valence-corrected chi connectivity index (χ3v) is 5.94. The van der Waals surface area contributed by atoms with Crippen LogP contribution in [0.25, 0.3) is 0 Å². The van der Waals surface area contributed by atoms with Gasteiger partial charge in [0.25, 0.3) is 11.8 Å². The summed E-state index contributed by atoms with van der Waals surface area (Å²) in [6.07, 6.45) is 0. The third-order valence-electron chi connectivity index (χ3n) is 3.54. The van der Waals surface area contributed by atoms with Crippen molar-refractivity contribution in [2.75, 3.05) is 5.32 Å². The van der Waals surface area contributed by atoms with Crippen molar-refractivity contribution < 1.29 is 27.1 Å². The number of fused-ring (bicyclic) bond motifs is 1. The molecule has 0 aliphatic carbocycles. The van der Waals surface area contributed by atoms with E-state index in [1.165, 1.54) is 31.2 Å². The fourth-order valence-electron chi connectivity index (χ4n) is 2.35. The zero-order valence-corrected chi connectivity index (χ0v) is 18.0. The highest BCUT2D eigenvalue weighted by molar-refractivity contribution is 7.75. The Kier molecular flexibility index (Phi) is 6.37. The molecule has 0 saturated heterocycles. The zero-order chi connectivity index (χ0) is 21.5. The van der Waals surface area contributed by atoms with E-state index in [2.05, 4.69) is 5.32 Å². The molecule has 0 saturated carbocycles. The van der Waals surface area contributed by atoms with Gasteiger partial charge in [-0.05, 0) is 24.3 Å². The molecule has 0 spiro atoms. The summed E-state index contributed by atoms with van der Waals surface area (Å²) >= 11 is 21.2. The van der Waals surface area contributed by atoms with E-state index in [1.807, 2.05) is 0 Å². The van der Waals surface area contributed by atoms with Gasteiger partial charge in [0.15, 0.2) is 0 Å². The number of benzene rings is 2. The van der Waals surface area contributed by atoms with E-state index in [0.29, 0.717) is 5.69 Å². The van der Waals surface area contributed by atoms with Crippen LogP contribution in [0.4, 0.5) is 5.69 Å². The van der Waals surface area contributed by atoms with Crippen LogP contribution < -0.4 is 9.50 Å². The van der Waals surface area contributed by atoms with Crippen LogP contribution in [-0.4, -0.2) is 27.0 Å². The number of halogens is 4. The summed E-state index contributed by atoms with van der Waals surface area (Å²) < 4.78 is 21.9. The Balaban J connectivity index is 1.77. The van der Waals surface area contributed by atoms with Gasteiger partial charge in [0.2, 0.25) is 5.91 Å². The Morgan fingerprint density at radius 3 is 1.86 bits per heavy atom. The van der Waals surface area contributed by atoms with Crippen molar-refractivity contribution in [3.8, 4) is 5.75 Å². The Morgan fingerprint density at radius 1 is 0.931 bits per heavy atom. The number of nitrogens with zero attached hydrogens (tertiary/aromatic N) is 1. The Bertz CT molecular complexity index is 1030. The number of carbonyl (C=O) groups is 3. The third kappa shape index (κ3) is 4.20. The van der Waals surface area contributed by atoms with Crippen molar-refractivity contribution in [3.63, 3.8) is 0 Å². The van der Waals surface area contributed by atoms with Crippen molar-refractivity contribution in [2.24, 2.45) is 0 Å². The van der Waals surface area contributed by atoms with Crippen molar-refractivity contribution in [1.29, 1.82) is 0 Å². The second-order valence-corrected chi connectivity index (χ2v) is 7.71. The quantitative estimate of drug-likeness (QED) is 0.372. The van der Waals surface area contributed by atoms with Gasteiger partial charge >= 0.3 is 11.4 Å². The molecule has 152 valence electrons. The second-order valence-electron chi connectivity index (χ2n) is 5.48. The molecule has 1 atom stereocenters. The molecule has 1 unspecified atom stereocenters. The first-order chi connectivity index (χ1) is 13.6. The molecule has 0 fully saturated rings. The maximum Gasteiger partial charge on any atom is 0.383 e. The molecule has 1 heterocycles. The number of imide groups is 1. The topological polar surface area (TPSA) is 102 Å². The van der Waals surface area contributed by atoms with Gasteiger partial charge in [-0.1, -0.05) is 46.4 Å². The van der Waals surface area contributed by atoms with Gasteiger partial charge in [-0.3, -0.25) is 14.4 Å². The number of anilines is 1. The number of hydroxylamine groups is 2. The molecule has 1 N–H and O–H groups in total. The Labute approximate surface area is 186 Å². The normalized spacial score (nSPS) is 14.0. The van der Waals surface area contributed by atoms with Crippen molar-refractivity contribution in [3.05, 3.63) is 55.5 Å². The van der Waals surface area contributed by atoms with Crippen LogP contribution in [0.1, 0.15) is 27.6 Å². The van der Waals surface area contributed by atoms with Gasteiger partial charge in [0.05, 0.1) is 31.2 Å². The molecular weight excluding hydrogens is 490 g/mol. The fraction of sp³-hybridized carbons (Fsp3) is 0.0625. The lowest BCUT2D eigenvalue weighted by atomic mass is 10.1. The van der Waals surface area contributed by atoms with E-state index >= 15 is 0 Å². The monoisotopic (exact) mass is 496 g/mol. The minimum Gasteiger partial charge on any atom is -0.379 e. The SMILES string of the molecule is CC(=O)Nc1ccc(OS(=O)ON2C(=O)c3c(Cl)c(Cl)c(Cl)c(Cl)c3C2=O)cc1. The van der Waals surface area contributed by atoms with Crippen molar-refractivity contribution in [1.82, 2.24) is 5.06 Å². The Hall–Kier alpha value is -1.88. The highest BCUT2D eigenvalue weighted by atomic mass is 35.5. The van der Waals surface area contributed by atoms with Crippen LogP contribution >= 0.6 is 46.4 Å². The minimum atomic E-state index is -2.59. The van der Waals surface area contributed by atoms with E-state index < -0.39 is 23.2 Å². The van der Waals surface area contributed by atoms with E-state index in [0.717, 1.165) is 0 Å². The predicted octanol–water partition coefficient (Wildman–Crippen LogP) is 4.44. The van der Waals surface area contributed by atoms with Crippen LogP contribution in [0.5, 0.6) is 5.75 Å². The summed E-state index contributed by atoms with van der Waals surface area (Å²) in [7, 11) is 0. The summed E-state index contributed by atoms with van der Waals surface area (Å²) in [6, 6.07) is 5.75. The van der Waals surface area contributed by atoms with Crippen LogP contribution in [0.3, 0.4) is 0 Å². The summed E-state index contributed by atoms with van der Waals surface area (Å²) in [5.41, 5.74) is -0.171. The summed E-state index contributed by atoms with van der Waals surface area (Å²) in [5, 5.41) is 1.73. The average molecular weight is 498 g/mol. The number of carbonyl (C=O) groups excluding carboxylic acids is 3. The second kappa shape index (κ2) is 8.47. The van der Waals surface area contributed by atoms with Gasteiger partial charge < -0.3 is 9.50 Å². The van der Waals surface area contributed by atoms with E-state index in [1.54, 1.807) is 0 Å². The minimum absolute atomic E-state index is 0.0798. The average Bonchev–Trinajstić information content (AvgIpc) is 2.90. The lowest BCUT2D eigenvalue weighted by Crippen LogP contribution is -2.32. The number of rotatable bonds is 5. The highest BCUT2D eigenvalue weighted by Crippen LogP contribution is 2.44. The van der Waals surface area contributed by atoms with Gasteiger partial charge in [0.1, 0.15) is 5.75 Å². The van der Waals surface area contributed by atoms with Crippen LogP contribution in [-0.2, 0) is 20.4 Å². The first-order valence-electron chi connectivity index (χ1n) is 7.52. The lowest BCUT2D eigenvalue weighted by Gasteiger charge is -2.12. The van der Waals surface area contributed by atoms with E-state index in [9.17, 15) is 18.6 Å². The highest BCUT2D eigenvalue weighted by Gasteiger charge is 2.44. The maximum absolute atomic E-state index is 12.5. The first kappa shape index (κ1) is 21.8. The summed E-state index contributed by atoms with van der Waals surface area (Å²) in [4.78, 5) is 36.0. The molecule has 3 amide bonds. The summed E-state index contributed by atoms with van der Waals surface area (Å²) in [6.45, 7) is 1.34. The van der Waals surface area contributed by atoms with Gasteiger partial charge in [-0.15, -0.1) is 9.35 Å². The molecule has 0 bridgehead atoms. The molecule has 1 aliphatic rings. The molecule has 13 heteroatoms. The molecule has 0 aromatic heterocycles. The number of amides is 3. The lowest BCUT2D eigenvalue weighted by molar-refractivity contribution is -0.114. The number of hydrogen-bond acceptors (Lipinski definition) is 6. The smallest absolute Gasteiger partial charge is 0.379 e. The predicted molar refractivity (Wildman–Crippen MR) is 108 cm³/mol. The Morgan fingerprint density at radius 2 is 1.41 bits per heavy atom. The molecule has 3 rings (SSSR count). The van der Waals surface area contributed by atoms with Crippen LogP contribution in [0.15, 0.2) is 24.3 Å². The van der Waals surface area contributed by atoms with Gasteiger partial charge in [-0.25, -0.2) is 0 Å². The van der Waals surface area contributed by atoms with Crippen LogP contribution in [0.2, 0.25) is 20.1 Å². The molecule has 29 heavy (non-hydrogen) atoms. The maximum atomic E-state index is 12.5. The molecule has 2 aromatic rings. The zero-order valence-electron chi connectivity index (χ0n) is 14.1. The van der Waals surface area contributed by atoms with E-state index in [-0.39, 0.29) is 47.9 Å². The standard InChI is InChI=1S/C16H8Cl4N2O6S/c1-6(23)21-7-2-4-8(5-3-7)27-29(26)28-22-15(24)9-10(16(22)25)12(18)14(20)13(19)11(9)17/h2-5H,1H3,(H,21,23). The number of nitrogens with one attached hydrogen (secondary N) is 1. The largest absolute Gasteiger partial charge is 0.383 e. The molecule has 0 radical (unpaired) electrons. The molecular formula is C16H8Cl4N2O6S. The van der Waals surface area contributed by atoms with Gasteiger partial charge in [-0.2, -0.15) is 4.21 Å². The van der Waals surface area contributed by atoms with E-state index in [4.69, 9.17) is 54.9 Å². The fourth-order valence-corrected chi connectivity index (χ4v) is 3.92. The van der Waals surface area contributed by atoms with Crippen molar-refractivity contribution >= 4 is 81.2 Å².